The lowest BCUT2D eigenvalue weighted by atomic mass is 10.1. The van der Waals surface area contributed by atoms with Crippen LogP contribution in [0.4, 0.5) is 0 Å². The van der Waals surface area contributed by atoms with E-state index in [0.29, 0.717) is 36.2 Å². The highest BCUT2D eigenvalue weighted by Gasteiger charge is 2.28. The minimum atomic E-state index is -3.38. The summed E-state index contributed by atoms with van der Waals surface area (Å²) in [6.45, 7) is 6.91. The highest BCUT2D eigenvalue weighted by atomic mass is 32.2. The van der Waals surface area contributed by atoms with Gasteiger partial charge in [0, 0.05) is 32.6 Å². The Morgan fingerprint density at radius 1 is 1.03 bits per heavy atom. The van der Waals surface area contributed by atoms with Crippen LogP contribution >= 0.6 is 0 Å². The summed E-state index contributed by atoms with van der Waals surface area (Å²) in [5.41, 5.74) is 1.05. The van der Waals surface area contributed by atoms with Gasteiger partial charge in [-0.3, -0.25) is 4.90 Å². The van der Waals surface area contributed by atoms with E-state index in [1.165, 1.54) is 6.26 Å². The van der Waals surface area contributed by atoms with Crippen LogP contribution in [0.25, 0.3) is 0 Å². The van der Waals surface area contributed by atoms with Gasteiger partial charge in [0.05, 0.1) is 33.6 Å². The molecule has 0 fully saturated rings. The highest BCUT2D eigenvalue weighted by molar-refractivity contribution is 7.88. The number of methoxy groups -OCH3 is 3. The molecule has 1 N–H and O–H groups in total. The molecular weight excluding hydrogens is 434 g/mol. The van der Waals surface area contributed by atoms with Gasteiger partial charge in [0.1, 0.15) is 5.82 Å². The summed E-state index contributed by atoms with van der Waals surface area (Å²) in [6.07, 6.45) is 1.89. The van der Waals surface area contributed by atoms with E-state index in [1.807, 2.05) is 26.0 Å². The van der Waals surface area contributed by atoms with Crippen LogP contribution in [0.1, 0.15) is 37.1 Å². The third kappa shape index (κ3) is 5.51. The average Bonchev–Trinajstić information content (AvgIpc) is 3.04. The molecule has 1 aliphatic rings. The maximum Gasteiger partial charge on any atom is 0.209 e. The second-order valence-corrected chi connectivity index (χ2v) is 10.1. The summed E-state index contributed by atoms with van der Waals surface area (Å²) < 4.78 is 44.9. The Hall–Kier alpha value is -2.37. The minimum absolute atomic E-state index is 0.0385. The molecule has 1 atom stereocenters. The Morgan fingerprint density at radius 2 is 1.69 bits per heavy atom. The number of nitrogens with one attached hydrogen (secondary N) is 1. The molecule has 0 bridgehead atoms. The predicted molar refractivity (Wildman–Crippen MR) is 121 cm³/mol. The number of benzene rings is 1. The number of sulfonamides is 1. The van der Waals surface area contributed by atoms with E-state index in [-0.39, 0.29) is 5.92 Å². The summed E-state index contributed by atoms with van der Waals surface area (Å²) in [6, 6.07) is 3.50. The van der Waals surface area contributed by atoms with E-state index in [9.17, 15) is 8.42 Å². The highest BCUT2D eigenvalue weighted by Crippen LogP contribution is 2.38. The molecule has 1 aliphatic heterocycles. The summed E-state index contributed by atoms with van der Waals surface area (Å²) in [7, 11) is 1.43. The molecule has 0 unspecified atom stereocenters. The van der Waals surface area contributed by atoms with Gasteiger partial charge in [0.15, 0.2) is 17.3 Å². The van der Waals surface area contributed by atoms with Gasteiger partial charge in [-0.1, -0.05) is 13.8 Å². The molecule has 1 aromatic heterocycles. The molecule has 11 heteroatoms. The van der Waals surface area contributed by atoms with Gasteiger partial charge >= 0.3 is 0 Å². The van der Waals surface area contributed by atoms with Crippen molar-refractivity contribution >= 4 is 10.0 Å². The van der Waals surface area contributed by atoms with Crippen LogP contribution in [0.15, 0.2) is 12.1 Å². The van der Waals surface area contributed by atoms with Crippen molar-refractivity contribution < 1.29 is 22.6 Å². The fourth-order valence-corrected chi connectivity index (χ4v) is 4.82. The van der Waals surface area contributed by atoms with Gasteiger partial charge < -0.3 is 18.8 Å². The Bertz CT molecular complexity index is 1010. The Balaban J connectivity index is 1.79. The van der Waals surface area contributed by atoms with Crippen LogP contribution in [0, 0.1) is 5.92 Å². The van der Waals surface area contributed by atoms with Gasteiger partial charge in [0.2, 0.25) is 15.8 Å². The van der Waals surface area contributed by atoms with Crippen LogP contribution < -0.4 is 18.9 Å². The molecule has 178 valence electrons. The van der Waals surface area contributed by atoms with E-state index in [2.05, 4.69) is 24.4 Å². The molecule has 10 nitrogen and oxygen atoms in total. The van der Waals surface area contributed by atoms with Crippen molar-refractivity contribution in [2.45, 2.75) is 39.4 Å². The van der Waals surface area contributed by atoms with Crippen molar-refractivity contribution in [1.29, 1.82) is 0 Å². The first kappa shape index (κ1) is 24.3. The van der Waals surface area contributed by atoms with Crippen LogP contribution in [-0.4, -0.2) is 68.8 Å². The Labute approximate surface area is 189 Å². The van der Waals surface area contributed by atoms with Crippen LogP contribution in [0.2, 0.25) is 0 Å². The molecule has 0 amide bonds. The first-order chi connectivity index (χ1) is 15.2. The molecule has 0 spiro atoms. The number of aromatic nitrogens is 3. The monoisotopic (exact) mass is 467 g/mol. The Kier molecular flexibility index (Phi) is 7.63. The zero-order valence-electron chi connectivity index (χ0n) is 19.6. The van der Waals surface area contributed by atoms with Gasteiger partial charge in [-0.25, -0.2) is 13.1 Å². The predicted octanol–water partition coefficient (Wildman–Crippen LogP) is 1.61. The standard InChI is InChI=1S/C21H33N5O5S/c1-14(2)19(24-32(6,27)28)21-23-22-18-7-8-25(9-10-26(18)21)13-15-11-16(29-3)20(31-5)17(12-15)30-4/h11-12,14,19,24H,7-10,13H2,1-6H3/t19-/m0/s1. The number of ether oxygens (including phenoxy) is 3. The molecule has 0 radical (unpaired) electrons. The number of nitrogens with zero attached hydrogens (tertiary/aromatic N) is 4. The van der Waals surface area contributed by atoms with Crippen LogP contribution in [-0.2, 0) is 29.5 Å². The van der Waals surface area contributed by atoms with Gasteiger partial charge in [-0.15, -0.1) is 10.2 Å². The van der Waals surface area contributed by atoms with Crippen LogP contribution in [0.5, 0.6) is 17.2 Å². The molecule has 2 aromatic rings. The third-order valence-corrected chi connectivity index (χ3v) is 6.25. The molecule has 2 heterocycles. The lowest BCUT2D eigenvalue weighted by Crippen LogP contribution is -2.33. The molecule has 0 saturated heterocycles. The summed E-state index contributed by atoms with van der Waals surface area (Å²) in [4.78, 5) is 2.33. The fraction of sp³-hybridized carbons (Fsp3) is 0.619. The van der Waals surface area contributed by atoms with E-state index in [1.54, 1.807) is 21.3 Å². The van der Waals surface area contributed by atoms with E-state index in [4.69, 9.17) is 14.2 Å². The summed E-state index contributed by atoms with van der Waals surface area (Å²) >= 11 is 0. The van der Waals surface area contributed by atoms with Crippen molar-refractivity contribution in [3.8, 4) is 17.2 Å². The van der Waals surface area contributed by atoms with Gasteiger partial charge in [-0.05, 0) is 23.6 Å². The zero-order chi connectivity index (χ0) is 23.5. The van der Waals surface area contributed by atoms with Crippen molar-refractivity contribution in [3.05, 3.63) is 29.3 Å². The first-order valence-corrected chi connectivity index (χ1v) is 12.5. The van der Waals surface area contributed by atoms with E-state index < -0.39 is 16.1 Å². The first-order valence-electron chi connectivity index (χ1n) is 10.6. The molecule has 3 rings (SSSR count). The van der Waals surface area contributed by atoms with Crippen molar-refractivity contribution in [2.24, 2.45) is 5.92 Å². The van der Waals surface area contributed by atoms with Crippen LogP contribution in [0.3, 0.4) is 0 Å². The van der Waals surface area contributed by atoms with E-state index in [0.717, 1.165) is 30.9 Å². The zero-order valence-corrected chi connectivity index (χ0v) is 20.4. The maximum absolute atomic E-state index is 11.9. The maximum atomic E-state index is 11.9. The molecule has 1 aromatic carbocycles. The van der Waals surface area contributed by atoms with Gasteiger partial charge in [-0.2, -0.15) is 0 Å². The topological polar surface area (TPSA) is 108 Å². The van der Waals surface area contributed by atoms with Crippen molar-refractivity contribution in [3.63, 3.8) is 0 Å². The smallest absolute Gasteiger partial charge is 0.209 e. The van der Waals surface area contributed by atoms with Crippen molar-refractivity contribution in [1.82, 2.24) is 24.4 Å². The molecular formula is C21H33N5O5S. The normalized spacial score (nSPS) is 15.8. The largest absolute Gasteiger partial charge is 0.493 e. The minimum Gasteiger partial charge on any atom is -0.493 e. The molecule has 0 saturated carbocycles. The number of hydrogen-bond acceptors (Lipinski definition) is 8. The number of hydrogen-bond donors (Lipinski definition) is 1. The summed E-state index contributed by atoms with van der Waals surface area (Å²) in [5.74, 6) is 3.40. The van der Waals surface area contributed by atoms with E-state index >= 15 is 0 Å². The lowest BCUT2D eigenvalue weighted by molar-refractivity contribution is 0.266. The quantitative estimate of drug-likeness (QED) is 0.593. The SMILES string of the molecule is COc1cc(CN2CCc3nnc([C@@H](NS(C)(=O)=O)C(C)C)n3CC2)cc(OC)c1OC. The number of rotatable bonds is 9. The average molecular weight is 468 g/mol. The van der Waals surface area contributed by atoms with Crippen molar-refractivity contribution in [2.75, 3.05) is 40.7 Å². The molecule has 32 heavy (non-hydrogen) atoms. The fourth-order valence-electron chi connectivity index (χ4n) is 3.98. The Morgan fingerprint density at radius 3 is 2.22 bits per heavy atom. The second-order valence-electron chi connectivity index (χ2n) is 8.30. The lowest BCUT2D eigenvalue weighted by Gasteiger charge is -2.23. The summed E-state index contributed by atoms with van der Waals surface area (Å²) in [5, 5.41) is 8.70. The third-order valence-electron chi connectivity index (χ3n) is 5.56. The second kappa shape index (κ2) is 10.1. The number of fused-ring (bicyclic) bond motifs is 1. The molecule has 0 aliphatic carbocycles. The van der Waals surface area contributed by atoms with Gasteiger partial charge in [0.25, 0.3) is 0 Å².